The lowest BCUT2D eigenvalue weighted by molar-refractivity contribution is 0.323. The topological polar surface area (TPSA) is 61.3 Å². The second kappa shape index (κ2) is 2.48. The van der Waals surface area contributed by atoms with Crippen molar-refractivity contribution in [2.75, 3.05) is 7.11 Å². The fourth-order valence-electron chi connectivity index (χ4n) is 1.74. The largest absolute Gasteiger partial charge is 0.479 e. The molecule has 4 nitrogen and oxygen atoms in total. The van der Waals surface area contributed by atoms with E-state index in [2.05, 4.69) is 19.0 Å². The van der Waals surface area contributed by atoms with Gasteiger partial charge in [-0.3, -0.25) is 0 Å². The van der Waals surface area contributed by atoms with Crippen LogP contribution in [0.1, 0.15) is 25.5 Å². The van der Waals surface area contributed by atoms with Crippen LogP contribution >= 0.6 is 0 Å². The van der Waals surface area contributed by atoms with E-state index >= 15 is 0 Å². The van der Waals surface area contributed by atoms with Gasteiger partial charge in [0.15, 0.2) is 0 Å². The Morgan fingerprint density at radius 2 is 2.23 bits per heavy atom. The van der Waals surface area contributed by atoms with Crippen molar-refractivity contribution in [2.24, 2.45) is 11.1 Å². The van der Waals surface area contributed by atoms with Crippen molar-refractivity contribution < 1.29 is 9.26 Å². The molecule has 2 N–H and O–H groups in total. The number of hydrogen-bond donors (Lipinski definition) is 1. The zero-order chi connectivity index (χ0) is 9.64. The lowest BCUT2D eigenvalue weighted by atomic mass is 10.1. The van der Waals surface area contributed by atoms with Crippen LogP contribution in [0.3, 0.4) is 0 Å². The fourth-order valence-corrected chi connectivity index (χ4v) is 1.74. The maximum atomic E-state index is 5.90. The minimum absolute atomic E-state index is 0.130. The van der Waals surface area contributed by atoms with Crippen LogP contribution in [0.4, 0.5) is 0 Å². The van der Waals surface area contributed by atoms with Crippen molar-refractivity contribution in [1.82, 2.24) is 5.16 Å². The van der Waals surface area contributed by atoms with Gasteiger partial charge in [0.05, 0.1) is 7.11 Å². The molecule has 0 saturated heterocycles. The number of nitrogens with two attached hydrogens (primary N) is 1. The Hall–Kier alpha value is -1.03. The van der Waals surface area contributed by atoms with Crippen molar-refractivity contribution in [1.29, 1.82) is 0 Å². The zero-order valence-electron chi connectivity index (χ0n) is 8.07. The van der Waals surface area contributed by atoms with E-state index in [1.807, 2.05) is 0 Å². The van der Waals surface area contributed by atoms with Crippen molar-refractivity contribution in [3.05, 3.63) is 11.8 Å². The minimum atomic E-state index is 0.130. The summed E-state index contributed by atoms with van der Waals surface area (Å²) in [4.78, 5) is 0. The summed E-state index contributed by atoms with van der Waals surface area (Å²) in [5, 5.41) is 3.74. The van der Waals surface area contributed by atoms with Crippen molar-refractivity contribution in [3.63, 3.8) is 0 Å². The number of aromatic nitrogens is 1. The molecule has 0 radical (unpaired) electrons. The third-order valence-corrected chi connectivity index (χ3v) is 2.93. The quantitative estimate of drug-likeness (QED) is 0.744. The predicted octanol–water partition coefficient (Wildman–Crippen LogP) is 1.13. The van der Waals surface area contributed by atoms with Crippen LogP contribution in [0, 0.1) is 5.41 Å². The van der Waals surface area contributed by atoms with Crippen LogP contribution in [0.25, 0.3) is 0 Å². The smallest absolute Gasteiger partial charge is 0.254 e. The molecule has 1 saturated carbocycles. The lowest BCUT2D eigenvalue weighted by Crippen LogP contribution is -2.06. The molecule has 0 aliphatic heterocycles. The van der Waals surface area contributed by atoms with Gasteiger partial charge in [0.1, 0.15) is 5.76 Å². The van der Waals surface area contributed by atoms with Crippen molar-refractivity contribution >= 4 is 0 Å². The number of rotatable bonds is 2. The van der Waals surface area contributed by atoms with Crippen LogP contribution in [0.5, 0.6) is 5.88 Å². The molecule has 0 amide bonds. The van der Waals surface area contributed by atoms with Crippen LogP contribution in [0.2, 0.25) is 0 Å². The molecule has 4 heteroatoms. The summed E-state index contributed by atoms with van der Waals surface area (Å²) < 4.78 is 10.1. The third kappa shape index (κ3) is 1.13. The van der Waals surface area contributed by atoms with Gasteiger partial charge in [-0.1, -0.05) is 13.8 Å². The summed E-state index contributed by atoms with van der Waals surface area (Å²) in [5.74, 6) is 1.63. The Morgan fingerprint density at radius 1 is 1.62 bits per heavy atom. The zero-order valence-corrected chi connectivity index (χ0v) is 8.07. The van der Waals surface area contributed by atoms with E-state index < -0.39 is 0 Å². The first-order valence-corrected chi connectivity index (χ1v) is 4.33. The van der Waals surface area contributed by atoms with Gasteiger partial charge >= 0.3 is 0 Å². The third-order valence-electron chi connectivity index (χ3n) is 2.93. The van der Waals surface area contributed by atoms with Crippen molar-refractivity contribution in [2.45, 2.75) is 25.8 Å². The Morgan fingerprint density at radius 3 is 2.62 bits per heavy atom. The minimum Gasteiger partial charge on any atom is -0.479 e. The van der Waals surface area contributed by atoms with Gasteiger partial charge in [-0.15, -0.1) is 0 Å². The first kappa shape index (κ1) is 8.56. The predicted molar refractivity (Wildman–Crippen MR) is 47.6 cm³/mol. The van der Waals surface area contributed by atoms with Gasteiger partial charge in [-0.05, 0) is 10.6 Å². The van der Waals surface area contributed by atoms with Crippen LogP contribution in [-0.4, -0.2) is 18.3 Å². The monoisotopic (exact) mass is 182 g/mol. The van der Waals surface area contributed by atoms with Crippen LogP contribution in [-0.2, 0) is 0 Å². The number of ether oxygens (including phenoxy) is 1. The molecule has 1 aliphatic rings. The van der Waals surface area contributed by atoms with E-state index in [-0.39, 0.29) is 17.4 Å². The molecule has 2 unspecified atom stereocenters. The molecule has 1 aromatic rings. The van der Waals surface area contributed by atoms with Crippen LogP contribution in [0.15, 0.2) is 10.6 Å². The number of nitrogens with zero attached hydrogens (tertiary/aromatic N) is 1. The highest BCUT2D eigenvalue weighted by atomic mass is 16.5. The summed E-state index contributed by atoms with van der Waals surface area (Å²) in [5.41, 5.74) is 6.03. The molecule has 0 spiro atoms. The Balaban J connectivity index is 2.19. The van der Waals surface area contributed by atoms with E-state index in [0.29, 0.717) is 5.88 Å². The molecule has 1 fully saturated rings. The van der Waals surface area contributed by atoms with E-state index in [1.54, 1.807) is 13.2 Å². The molecule has 0 aromatic carbocycles. The first-order valence-electron chi connectivity index (χ1n) is 4.33. The molecule has 1 aromatic heterocycles. The van der Waals surface area contributed by atoms with Crippen molar-refractivity contribution in [3.8, 4) is 5.88 Å². The Kier molecular flexibility index (Phi) is 1.63. The van der Waals surface area contributed by atoms with Gasteiger partial charge in [0.2, 0.25) is 0 Å². The fraction of sp³-hybridized carbons (Fsp3) is 0.667. The second-order valence-corrected chi connectivity index (χ2v) is 4.10. The highest BCUT2D eigenvalue weighted by molar-refractivity contribution is 5.29. The standard InChI is InChI=1S/C9H14N2O2/c1-9(2)7(8(9)10)5-4-6(12-3)11-13-5/h4,7-8H,10H2,1-3H3. The van der Waals surface area contributed by atoms with Gasteiger partial charge in [0.25, 0.3) is 5.88 Å². The average molecular weight is 182 g/mol. The molecular formula is C9H14N2O2. The highest BCUT2D eigenvalue weighted by Gasteiger charge is 2.58. The second-order valence-electron chi connectivity index (χ2n) is 4.10. The summed E-state index contributed by atoms with van der Waals surface area (Å²) in [6, 6.07) is 1.98. The first-order chi connectivity index (χ1) is 6.07. The molecule has 72 valence electrons. The SMILES string of the molecule is COc1cc(C2C(N)C2(C)C)on1. The van der Waals surface area contributed by atoms with Crippen LogP contribution < -0.4 is 10.5 Å². The Labute approximate surface area is 77.0 Å². The molecule has 1 aliphatic carbocycles. The summed E-state index contributed by atoms with van der Waals surface area (Å²) in [7, 11) is 1.57. The van der Waals surface area contributed by atoms with Gasteiger partial charge in [-0.25, -0.2) is 0 Å². The number of hydrogen-bond acceptors (Lipinski definition) is 4. The average Bonchev–Trinajstić information content (AvgIpc) is 2.55. The van der Waals surface area contributed by atoms with Gasteiger partial charge in [0, 0.05) is 18.0 Å². The molecule has 1 heterocycles. The van der Waals surface area contributed by atoms with Gasteiger partial charge in [-0.2, -0.15) is 0 Å². The maximum absolute atomic E-state index is 5.90. The van der Waals surface area contributed by atoms with E-state index in [0.717, 1.165) is 5.76 Å². The lowest BCUT2D eigenvalue weighted by Gasteiger charge is -1.96. The van der Waals surface area contributed by atoms with E-state index in [4.69, 9.17) is 15.0 Å². The van der Waals surface area contributed by atoms with E-state index in [1.165, 1.54) is 0 Å². The normalized spacial score (nSPS) is 30.2. The summed E-state index contributed by atoms with van der Waals surface area (Å²) in [6.45, 7) is 4.24. The maximum Gasteiger partial charge on any atom is 0.254 e. The Bertz CT molecular complexity index is 319. The van der Waals surface area contributed by atoms with E-state index in [9.17, 15) is 0 Å². The highest BCUT2D eigenvalue weighted by Crippen LogP contribution is 2.57. The number of methoxy groups -OCH3 is 1. The summed E-state index contributed by atoms with van der Waals surface area (Å²) >= 11 is 0. The molecular weight excluding hydrogens is 168 g/mol. The molecule has 2 atom stereocenters. The molecule has 2 rings (SSSR count). The van der Waals surface area contributed by atoms with Gasteiger partial charge < -0.3 is 15.0 Å². The molecule has 0 bridgehead atoms. The summed E-state index contributed by atoms with van der Waals surface area (Å²) in [6.07, 6.45) is 0. The molecule has 13 heavy (non-hydrogen) atoms.